The standard InChI is InChI=1S/C24H25NO7/c1-29-22(27)16-4-7-18(8-5-16)25-21(26)15-32-23(28)24(10-2-3-11-24)17-6-9-19-20(14-17)31-13-12-30-19/h4-9,14H,2-3,10-13,15H2,1H3,(H,25,26). The van der Waals surface area contributed by atoms with E-state index in [0.717, 1.165) is 18.4 Å². The number of fused-ring (bicyclic) bond motifs is 1. The van der Waals surface area contributed by atoms with E-state index in [4.69, 9.17) is 14.2 Å². The molecule has 2 aromatic rings. The molecule has 1 aliphatic carbocycles. The fourth-order valence-corrected chi connectivity index (χ4v) is 4.20. The van der Waals surface area contributed by atoms with Gasteiger partial charge in [0.05, 0.1) is 18.1 Å². The van der Waals surface area contributed by atoms with Crippen LogP contribution >= 0.6 is 0 Å². The number of anilines is 1. The summed E-state index contributed by atoms with van der Waals surface area (Å²) in [5, 5.41) is 2.66. The number of nitrogens with one attached hydrogen (secondary N) is 1. The molecule has 0 aromatic heterocycles. The summed E-state index contributed by atoms with van der Waals surface area (Å²) in [5.74, 6) is -0.0414. The number of methoxy groups -OCH3 is 1. The first-order valence-electron chi connectivity index (χ1n) is 10.6. The van der Waals surface area contributed by atoms with Gasteiger partial charge in [-0.2, -0.15) is 0 Å². The van der Waals surface area contributed by atoms with Crippen LogP contribution in [0.4, 0.5) is 5.69 Å². The molecule has 168 valence electrons. The van der Waals surface area contributed by atoms with Gasteiger partial charge in [-0.25, -0.2) is 4.79 Å². The quantitative estimate of drug-likeness (QED) is 0.690. The van der Waals surface area contributed by atoms with E-state index in [9.17, 15) is 14.4 Å². The summed E-state index contributed by atoms with van der Waals surface area (Å²) in [7, 11) is 1.30. The first-order valence-corrected chi connectivity index (χ1v) is 10.6. The van der Waals surface area contributed by atoms with Crippen molar-refractivity contribution in [1.82, 2.24) is 0 Å². The first kappa shape index (κ1) is 21.7. The minimum atomic E-state index is -0.793. The minimum absolute atomic E-state index is 0.375. The van der Waals surface area contributed by atoms with Crippen molar-refractivity contribution < 1.29 is 33.3 Å². The Morgan fingerprint density at radius 1 is 0.969 bits per heavy atom. The molecule has 2 aromatic carbocycles. The summed E-state index contributed by atoms with van der Waals surface area (Å²) in [4.78, 5) is 36.9. The number of benzene rings is 2. The van der Waals surface area contributed by atoms with Gasteiger partial charge in [-0.3, -0.25) is 9.59 Å². The summed E-state index contributed by atoms with van der Waals surface area (Å²) >= 11 is 0. The zero-order valence-corrected chi connectivity index (χ0v) is 17.8. The van der Waals surface area contributed by atoms with Crippen LogP contribution in [0.15, 0.2) is 42.5 Å². The Bertz CT molecular complexity index is 1010. The van der Waals surface area contributed by atoms with E-state index < -0.39 is 29.9 Å². The highest BCUT2D eigenvalue weighted by molar-refractivity contribution is 5.95. The summed E-state index contributed by atoms with van der Waals surface area (Å²) in [6.45, 7) is 0.568. The average molecular weight is 439 g/mol. The van der Waals surface area contributed by atoms with Gasteiger partial charge in [-0.15, -0.1) is 0 Å². The third-order valence-electron chi connectivity index (χ3n) is 5.87. The van der Waals surface area contributed by atoms with Crippen LogP contribution in [0.1, 0.15) is 41.6 Å². The van der Waals surface area contributed by atoms with Gasteiger partial charge in [0.15, 0.2) is 18.1 Å². The molecule has 0 radical (unpaired) electrons. The lowest BCUT2D eigenvalue weighted by atomic mass is 9.78. The highest BCUT2D eigenvalue weighted by Gasteiger charge is 2.45. The molecule has 1 fully saturated rings. The van der Waals surface area contributed by atoms with E-state index in [0.29, 0.717) is 48.8 Å². The van der Waals surface area contributed by atoms with Crippen molar-refractivity contribution in [3.05, 3.63) is 53.6 Å². The molecule has 0 unspecified atom stereocenters. The molecule has 0 atom stereocenters. The molecule has 1 amide bonds. The van der Waals surface area contributed by atoms with Gasteiger partial charge in [0.25, 0.3) is 5.91 Å². The Balaban J connectivity index is 1.40. The molecule has 1 aliphatic heterocycles. The fourth-order valence-electron chi connectivity index (χ4n) is 4.20. The van der Waals surface area contributed by atoms with E-state index in [-0.39, 0.29) is 0 Å². The molecule has 8 heteroatoms. The molecular formula is C24H25NO7. The average Bonchev–Trinajstić information content (AvgIpc) is 3.33. The number of carbonyl (C=O) groups is 3. The van der Waals surface area contributed by atoms with Gasteiger partial charge in [0.2, 0.25) is 0 Å². The van der Waals surface area contributed by atoms with E-state index in [2.05, 4.69) is 10.1 Å². The lowest BCUT2D eigenvalue weighted by Gasteiger charge is -2.28. The third kappa shape index (κ3) is 4.39. The van der Waals surface area contributed by atoms with E-state index >= 15 is 0 Å². The van der Waals surface area contributed by atoms with Crippen LogP contribution in [-0.4, -0.2) is 44.8 Å². The van der Waals surface area contributed by atoms with Crippen molar-refractivity contribution in [3.63, 3.8) is 0 Å². The van der Waals surface area contributed by atoms with E-state index in [1.807, 2.05) is 18.2 Å². The molecule has 0 spiro atoms. The van der Waals surface area contributed by atoms with Crippen LogP contribution in [0.25, 0.3) is 0 Å². The molecule has 0 bridgehead atoms. The maximum atomic E-state index is 13.1. The molecule has 32 heavy (non-hydrogen) atoms. The fraction of sp³-hybridized carbons (Fsp3) is 0.375. The zero-order chi connectivity index (χ0) is 22.6. The van der Waals surface area contributed by atoms with Crippen LogP contribution in [0.3, 0.4) is 0 Å². The van der Waals surface area contributed by atoms with Gasteiger partial charge >= 0.3 is 11.9 Å². The number of rotatable bonds is 6. The van der Waals surface area contributed by atoms with Crippen LogP contribution in [0.2, 0.25) is 0 Å². The number of amides is 1. The number of carbonyl (C=O) groups excluding carboxylic acids is 3. The highest BCUT2D eigenvalue weighted by atomic mass is 16.6. The van der Waals surface area contributed by atoms with Crippen molar-refractivity contribution in [1.29, 1.82) is 0 Å². The smallest absolute Gasteiger partial charge is 0.337 e. The van der Waals surface area contributed by atoms with Crippen LogP contribution in [-0.2, 0) is 24.5 Å². The Labute approximate surface area is 185 Å². The molecule has 1 saturated carbocycles. The van der Waals surface area contributed by atoms with Crippen LogP contribution in [0, 0.1) is 0 Å². The maximum Gasteiger partial charge on any atom is 0.337 e. The second-order valence-corrected chi connectivity index (χ2v) is 7.84. The number of ether oxygens (including phenoxy) is 4. The lowest BCUT2D eigenvalue weighted by Crippen LogP contribution is -2.36. The van der Waals surface area contributed by atoms with Gasteiger partial charge < -0.3 is 24.3 Å². The Morgan fingerprint density at radius 3 is 2.34 bits per heavy atom. The van der Waals surface area contributed by atoms with Gasteiger partial charge in [0.1, 0.15) is 13.2 Å². The molecule has 1 N–H and O–H groups in total. The second kappa shape index (κ2) is 9.30. The van der Waals surface area contributed by atoms with E-state index in [1.54, 1.807) is 24.3 Å². The molecule has 4 rings (SSSR count). The minimum Gasteiger partial charge on any atom is -0.486 e. The Kier molecular flexibility index (Phi) is 6.30. The maximum absolute atomic E-state index is 13.1. The zero-order valence-electron chi connectivity index (χ0n) is 17.8. The summed E-state index contributed by atoms with van der Waals surface area (Å²) in [5.41, 5.74) is 0.891. The van der Waals surface area contributed by atoms with Crippen molar-refractivity contribution in [2.24, 2.45) is 0 Å². The molecule has 2 aliphatic rings. The topological polar surface area (TPSA) is 100 Å². The normalized spacial score (nSPS) is 16.2. The predicted molar refractivity (Wildman–Crippen MR) is 115 cm³/mol. The van der Waals surface area contributed by atoms with Crippen LogP contribution in [0.5, 0.6) is 11.5 Å². The largest absolute Gasteiger partial charge is 0.486 e. The third-order valence-corrected chi connectivity index (χ3v) is 5.87. The van der Waals surface area contributed by atoms with Gasteiger partial charge in [-0.05, 0) is 54.8 Å². The molecule has 0 saturated heterocycles. The molecule has 1 heterocycles. The number of hydrogen-bond donors (Lipinski definition) is 1. The Morgan fingerprint density at radius 2 is 1.66 bits per heavy atom. The predicted octanol–water partition coefficient (Wildman–Crippen LogP) is 3.24. The SMILES string of the molecule is COC(=O)c1ccc(NC(=O)COC(=O)C2(c3ccc4c(c3)OCCO4)CCCC2)cc1. The number of esters is 2. The van der Waals surface area contributed by atoms with Crippen molar-refractivity contribution in [2.45, 2.75) is 31.1 Å². The molecular weight excluding hydrogens is 414 g/mol. The summed E-state index contributed by atoms with van der Waals surface area (Å²) in [6, 6.07) is 11.8. The second-order valence-electron chi connectivity index (χ2n) is 7.84. The van der Waals surface area contributed by atoms with Crippen LogP contribution < -0.4 is 14.8 Å². The summed E-state index contributed by atoms with van der Waals surface area (Å²) < 4.78 is 21.3. The number of hydrogen-bond acceptors (Lipinski definition) is 7. The monoisotopic (exact) mass is 439 g/mol. The highest BCUT2D eigenvalue weighted by Crippen LogP contribution is 2.45. The van der Waals surface area contributed by atoms with Crippen molar-refractivity contribution in [2.75, 3.05) is 32.2 Å². The van der Waals surface area contributed by atoms with Crippen molar-refractivity contribution in [3.8, 4) is 11.5 Å². The lowest BCUT2D eigenvalue weighted by molar-refractivity contribution is -0.153. The van der Waals surface area contributed by atoms with Gasteiger partial charge in [0, 0.05) is 5.69 Å². The van der Waals surface area contributed by atoms with Crippen molar-refractivity contribution >= 4 is 23.5 Å². The summed E-state index contributed by atoms with van der Waals surface area (Å²) in [6.07, 6.45) is 3.12. The van der Waals surface area contributed by atoms with E-state index in [1.165, 1.54) is 7.11 Å². The Hall–Kier alpha value is -3.55. The molecule has 8 nitrogen and oxygen atoms in total. The van der Waals surface area contributed by atoms with Gasteiger partial charge in [-0.1, -0.05) is 18.9 Å². The first-order chi connectivity index (χ1) is 15.5.